The average Bonchev–Trinajstić information content (AvgIpc) is 3.05. The molecule has 1 N–H and O–H groups in total. The summed E-state index contributed by atoms with van der Waals surface area (Å²) < 4.78 is 30.7. The van der Waals surface area contributed by atoms with Gasteiger partial charge in [0.05, 0.1) is 10.6 Å². The quantitative estimate of drug-likeness (QED) is 0.152. The number of anilines is 1. The number of para-hydroxylation sites is 1. The predicted octanol–water partition coefficient (Wildman–Crippen LogP) is 7.07. The normalized spacial score (nSPS) is 12.6. The zero-order chi connectivity index (χ0) is 33.3. The van der Waals surface area contributed by atoms with Crippen LogP contribution in [-0.2, 0) is 39.0 Å². The van der Waals surface area contributed by atoms with E-state index in [0.29, 0.717) is 12.1 Å². The van der Waals surface area contributed by atoms with Crippen LogP contribution in [-0.4, -0.2) is 43.8 Å². The van der Waals surface area contributed by atoms with Crippen LogP contribution in [0, 0.1) is 6.92 Å². The third kappa shape index (κ3) is 8.85. The molecular formula is C37H42BrN3O4S. The van der Waals surface area contributed by atoms with E-state index in [9.17, 15) is 18.0 Å². The number of rotatable bonds is 14. The summed E-state index contributed by atoms with van der Waals surface area (Å²) in [6.07, 6.45) is 1.55. The Morgan fingerprint density at radius 2 is 1.50 bits per heavy atom. The highest BCUT2D eigenvalue weighted by Gasteiger charge is 2.35. The van der Waals surface area contributed by atoms with E-state index in [1.807, 2.05) is 94.4 Å². The summed E-state index contributed by atoms with van der Waals surface area (Å²) >= 11 is 3.52. The van der Waals surface area contributed by atoms with Crippen LogP contribution in [0.2, 0.25) is 0 Å². The molecule has 0 unspecified atom stereocenters. The van der Waals surface area contributed by atoms with Crippen LogP contribution in [0.4, 0.5) is 5.69 Å². The molecule has 2 atom stereocenters. The van der Waals surface area contributed by atoms with Crippen LogP contribution in [0.3, 0.4) is 0 Å². The monoisotopic (exact) mass is 703 g/mol. The summed E-state index contributed by atoms with van der Waals surface area (Å²) in [6.45, 7) is 7.38. The van der Waals surface area contributed by atoms with E-state index in [2.05, 4.69) is 21.2 Å². The van der Waals surface area contributed by atoms with E-state index in [1.165, 1.54) is 9.21 Å². The largest absolute Gasteiger partial charge is 0.352 e. The molecule has 242 valence electrons. The van der Waals surface area contributed by atoms with Gasteiger partial charge in [-0.1, -0.05) is 108 Å². The van der Waals surface area contributed by atoms with Gasteiger partial charge in [-0.3, -0.25) is 13.9 Å². The van der Waals surface area contributed by atoms with E-state index in [4.69, 9.17) is 0 Å². The molecule has 4 aromatic rings. The molecule has 0 aromatic heterocycles. The number of sulfonamides is 1. The Hall–Kier alpha value is -3.95. The topological polar surface area (TPSA) is 86.8 Å². The van der Waals surface area contributed by atoms with Crippen molar-refractivity contribution in [3.8, 4) is 0 Å². The minimum Gasteiger partial charge on any atom is -0.352 e. The number of halogens is 1. The molecule has 0 radical (unpaired) electrons. The second-order valence-corrected chi connectivity index (χ2v) is 14.3. The van der Waals surface area contributed by atoms with Gasteiger partial charge in [-0.2, -0.15) is 0 Å². The summed E-state index contributed by atoms with van der Waals surface area (Å²) in [5.41, 5.74) is 3.84. The van der Waals surface area contributed by atoms with Gasteiger partial charge in [-0.25, -0.2) is 8.42 Å². The van der Waals surface area contributed by atoms with E-state index in [1.54, 1.807) is 36.4 Å². The molecule has 0 saturated heterocycles. The van der Waals surface area contributed by atoms with Crippen molar-refractivity contribution in [2.45, 2.75) is 70.5 Å². The van der Waals surface area contributed by atoms with Crippen molar-refractivity contribution in [3.63, 3.8) is 0 Å². The molecule has 0 spiro atoms. The highest BCUT2D eigenvalue weighted by Crippen LogP contribution is 2.29. The van der Waals surface area contributed by atoms with Crippen LogP contribution in [0.25, 0.3) is 0 Å². The molecule has 0 saturated carbocycles. The van der Waals surface area contributed by atoms with Crippen molar-refractivity contribution >= 4 is 43.5 Å². The first-order valence-corrected chi connectivity index (χ1v) is 17.8. The Morgan fingerprint density at radius 1 is 0.848 bits per heavy atom. The summed E-state index contributed by atoms with van der Waals surface area (Å²) in [5.74, 6) is -0.773. The van der Waals surface area contributed by atoms with Crippen molar-refractivity contribution in [3.05, 3.63) is 130 Å². The number of nitrogens with one attached hydrogen (secondary N) is 1. The van der Waals surface area contributed by atoms with E-state index < -0.39 is 28.5 Å². The third-order valence-electron chi connectivity index (χ3n) is 8.04. The van der Waals surface area contributed by atoms with E-state index in [0.717, 1.165) is 33.1 Å². The molecule has 0 aliphatic heterocycles. The fourth-order valence-corrected chi connectivity index (χ4v) is 7.13. The number of hydrogen-bond acceptors (Lipinski definition) is 4. The van der Waals surface area contributed by atoms with Gasteiger partial charge in [0, 0.05) is 23.5 Å². The number of nitrogens with zero attached hydrogens (tertiary/aromatic N) is 2. The van der Waals surface area contributed by atoms with Gasteiger partial charge in [0.25, 0.3) is 10.0 Å². The summed E-state index contributed by atoms with van der Waals surface area (Å²) in [4.78, 5) is 30.3. The first kappa shape index (κ1) is 34.9. The Labute approximate surface area is 281 Å². The van der Waals surface area contributed by atoms with E-state index in [-0.39, 0.29) is 29.8 Å². The number of carbonyl (C=O) groups excluding carboxylic acids is 2. The molecular weight excluding hydrogens is 662 g/mol. The van der Waals surface area contributed by atoms with Crippen LogP contribution in [0.5, 0.6) is 0 Å². The molecule has 2 amide bonds. The maximum atomic E-state index is 14.7. The molecule has 0 fully saturated rings. The highest BCUT2D eigenvalue weighted by atomic mass is 79.9. The van der Waals surface area contributed by atoms with Crippen LogP contribution >= 0.6 is 15.9 Å². The SMILES string of the molecule is CCc1ccccc1N(CC(=O)N(Cc1cccc(Br)c1)[C@@H](Cc1ccccc1)C(=O)N[C@H](C)CC)S(=O)(=O)c1ccc(C)cc1. The first-order chi connectivity index (χ1) is 22.0. The van der Waals surface area contributed by atoms with Crippen molar-refractivity contribution < 1.29 is 18.0 Å². The Balaban J connectivity index is 1.84. The molecule has 46 heavy (non-hydrogen) atoms. The average molecular weight is 705 g/mol. The second kappa shape index (κ2) is 16.1. The molecule has 4 aromatic carbocycles. The van der Waals surface area contributed by atoms with Crippen LogP contribution in [0.15, 0.2) is 112 Å². The zero-order valence-electron chi connectivity index (χ0n) is 26.8. The summed E-state index contributed by atoms with van der Waals surface area (Å²) in [5, 5.41) is 3.07. The molecule has 0 aliphatic carbocycles. The van der Waals surface area contributed by atoms with Crippen molar-refractivity contribution in [1.29, 1.82) is 0 Å². The fourth-order valence-electron chi connectivity index (χ4n) is 5.23. The maximum Gasteiger partial charge on any atom is 0.264 e. The van der Waals surface area contributed by atoms with Gasteiger partial charge in [-0.05, 0) is 73.7 Å². The molecule has 0 aliphatic rings. The van der Waals surface area contributed by atoms with Crippen LogP contribution in [0.1, 0.15) is 49.4 Å². The minimum absolute atomic E-state index is 0.0886. The van der Waals surface area contributed by atoms with Gasteiger partial charge in [-0.15, -0.1) is 0 Å². The number of aryl methyl sites for hydroxylation is 2. The second-order valence-electron chi connectivity index (χ2n) is 11.5. The number of hydrogen-bond donors (Lipinski definition) is 1. The highest BCUT2D eigenvalue weighted by molar-refractivity contribution is 9.10. The van der Waals surface area contributed by atoms with Gasteiger partial charge in [0.1, 0.15) is 12.6 Å². The Bertz CT molecular complexity index is 1730. The van der Waals surface area contributed by atoms with Gasteiger partial charge in [0.2, 0.25) is 11.8 Å². The number of amides is 2. The predicted molar refractivity (Wildman–Crippen MR) is 188 cm³/mol. The standard InChI is InChI=1S/C37H42BrN3O4S/c1-5-28(4)39-37(43)35(24-29-13-8-7-9-14-29)40(25-30-15-12-17-32(38)23-30)36(42)26-41(34-18-11-10-16-31(34)6-2)46(44,45)33-21-19-27(3)20-22-33/h7-23,28,35H,5-6,24-26H2,1-4H3,(H,39,43)/t28-,35+/m1/s1. The van der Waals surface area contributed by atoms with Crippen molar-refractivity contribution in [2.24, 2.45) is 0 Å². The number of carbonyl (C=O) groups is 2. The van der Waals surface area contributed by atoms with Crippen molar-refractivity contribution in [2.75, 3.05) is 10.8 Å². The summed E-state index contributed by atoms with van der Waals surface area (Å²) in [7, 11) is -4.16. The number of benzene rings is 4. The lowest BCUT2D eigenvalue weighted by Crippen LogP contribution is -2.54. The first-order valence-electron chi connectivity index (χ1n) is 15.6. The van der Waals surface area contributed by atoms with E-state index >= 15 is 0 Å². The third-order valence-corrected chi connectivity index (χ3v) is 10.3. The van der Waals surface area contributed by atoms with Crippen molar-refractivity contribution in [1.82, 2.24) is 10.2 Å². The Kier molecular flexibility index (Phi) is 12.2. The molecule has 7 nitrogen and oxygen atoms in total. The van der Waals surface area contributed by atoms with Crippen LogP contribution < -0.4 is 9.62 Å². The smallest absolute Gasteiger partial charge is 0.264 e. The zero-order valence-corrected chi connectivity index (χ0v) is 29.2. The summed E-state index contributed by atoms with van der Waals surface area (Å²) in [6, 6.07) is 30.0. The molecule has 9 heteroatoms. The molecule has 0 bridgehead atoms. The minimum atomic E-state index is -4.16. The lowest BCUT2D eigenvalue weighted by Gasteiger charge is -2.34. The van der Waals surface area contributed by atoms with Gasteiger partial charge >= 0.3 is 0 Å². The Morgan fingerprint density at radius 3 is 2.15 bits per heavy atom. The fraction of sp³-hybridized carbons (Fsp3) is 0.297. The lowest BCUT2D eigenvalue weighted by molar-refractivity contribution is -0.140. The van der Waals surface area contributed by atoms with Gasteiger partial charge in [0.15, 0.2) is 0 Å². The maximum absolute atomic E-state index is 14.7. The molecule has 0 heterocycles. The lowest BCUT2D eigenvalue weighted by atomic mass is 10.0. The molecule has 4 rings (SSSR count). The van der Waals surface area contributed by atoms with Gasteiger partial charge < -0.3 is 10.2 Å².